The average molecular weight is 654 g/mol. The molecule has 1 aromatic heterocycles. The quantitative estimate of drug-likeness (QED) is 0.196. The zero-order valence-corrected chi connectivity index (χ0v) is 23.6. The van der Waals surface area contributed by atoms with Crippen molar-refractivity contribution in [1.29, 1.82) is 0 Å². The molecule has 204 valence electrons. The molecule has 0 bridgehead atoms. The fourth-order valence-corrected chi connectivity index (χ4v) is 5.40. The van der Waals surface area contributed by atoms with Gasteiger partial charge < -0.3 is 24.8 Å². The number of carbonyl (C=O) groups is 1. The van der Waals surface area contributed by atoms with Gasteiger partial charge in [-0.1, -0.05) is 18.2 Å². The number of aliphatic hydroxyl groups excluding tert-OH is 1. The number of esters is 1. The Morgan fingerprint density at radius 3 is 2.65 bits per heavy atom. The second-order valence-corrected chi connectivity index (χ2v) is 11.7. The number of aliphatic hydroxyl groups is 1. The Morgan fingerprint density at radius 2 is 2.03 bits per heavy atom. The summed E-state index contributed by atoms with van der Waals surface area (Å²) < 4.78 is 52.3. The lowest BCUT2D eigenvalue weighted by Crippen LogP contribution is -2.43. The second kappa shape index (κ2) is 11.7. The van der Waals surface area contributed by atoms with E-state index in [1.54, 1.807) is 32.0 Å². The Labute approximate surface area is 226 Å². The van der Waals surface area contributed by atoms with Crippen LogP contribution in [-0.4, -0.2) is 57.3 Å². The summed E-state index contributed by atoms with van der Waals surface area (Å²) in [6, 6.07) is 6.93. The molecular weight excluding hydrogens is 625 g/mol. The first kappa shape index (κ1) is 29.5. The number of hydrogen-bond donors (Lipinski definition) is 3. The van der Waals surface area contributed by atoms with E-state index in [2.05, 4.69) is 10.1 Å². The van der Waals surface area contributed by atoms with Gasteiger partial charge in [-0.05, 0) is 62.4 Å². The summed E-state index contributed by atoms with van der Waals surface area (Å²) >= 11 is 1.82. The number of nitrogens with zero attached hydrogens (tertiary/aromatic N) is 2. The first-order valence-corrected chi connectivity index (χ1v) is 13.9. The van der Waals surface area contributed by atoms with Crippen molar-refractivity contribution in [2.45, 2.75) is 63.9 Å². The van der Waals surface area contributed by atoms with E-state index in [4.69, 9.17) is 24.3 Å². The van der Waals surface area contributed by atoms with Crippen LogP contribution in [0.5, 0.6) is 5.75 Å². The Morgan fingerprint density at radius 1 is 1.38 bits per heavy atom. The van der Waals surface area contributed by atoms with Crippen molar-refractivity contribution in [3.8, 4) is 5.75 Å². The predicted octanol–water partition coefficient (Wildman–Crippen LogP) is 2.55. The number of benzene rings is 1. The first-order valence-electron chi connectivity index (χ1n) is 11.3. The fraction of sp³-hybridized carbons (Fsp3) is 0.500. The molecule has 1 aliphatic heterocycles. The molecule has 2 heterocycles. The number of alkyl halides is 1. The summed E-state index contributed by atoms with van der Waals surface area (Å²) in [5.41, 5.74) is 2.31. The molecule has 15 heteroatoms. The molecule has 2 aromatic rings. The van der Waals surface area contributed by atoms with Gasteiger partial charge in [0.15, 0.2) is 11.9 Å². The lowest BCUT2D eigenvalue weighted by Gasteiger charge is -2.25. The number of carbonyl (C=O) groups excluding carboxylic acids is 1. The van der Waals surface area contributed by atoms with Crippen molar-refractivity contribution in [2.24, 2.45) is 0 Å². The lowest BCUT2D eigenvalue weighted by atomic mass is 9.98. The van der Waals surface area contributed by atoms with Gasteiger partial charge in [-0.3, -0.25) is 13.9 Å². The van der Waals surface area contributed by atoms with E-state index < -0.39 is 62.3 Å². The van der Waals surface area contributed by atoms with Crippen LogP contribution in [0.25, 0.3) is 0 Å². The Balaban J connectivity index is 1.81. The Hall–Kier alpha value is -2.10. The number of anilines is 1. The lowest BCUT2D eigenvalue weighted by molar-refractivity contribution is -0.149. The molecule has 0 saturated carbocycles. The van der Waals surface area contributed by atoms with E-state index in [1.807, 2.05) is 22.6 Å². The van der Waals surface area contributed by atoms with Gasteiger partial charge in [0.05, 0.1) is 16.3 Å². The number of nitrogens with one attached hydrogen (secondary N) is 1. The number of halogens is 2. The maximum Gasteiger partial charge on any atom is 0.459 e. The van der Waals surface area contributed by atoms with E-state index in [0.717, 1.165) is 11.5 Å². The zero-order valence-electron chi connectivity index (χ0n) is 20.5. The minimum Gasteiger partial charge on any atom is -0.462 e. The number of para-hydroxylation sites is 1. The van der Waals surface area contributed by atoms with Crippen LogP contribution < -0.4 is 21.0 Å². The smallest absolute Gasteiger partial charge is 0.459 e. The molecule has 6 atom stereocenters. The van der Waals surface area contributed by atoms with Gasteiger partial charge >= 0.3 is 19.4 Å². The fourth-order valence-electron chi connectivity index (χ4n) is 3.48. The van der Waals surface area contributed by atoms with Gasteiger partial charge in [-0.25, -0.2) is 13.8 Å². The third-order valence-electron chi connectivity index (χ3n) is 5.34. The molecular formula is C22H29FIN4O8P. The van der Waals surface area contributed by atoms with Crippen molar-refractivity contribution in [3.63, 3.8) is 0 Å². The van der Waals surface area contributed by atoms with E-state index in [0.29, 0.717) is 3.57 Å². The molecule has 0 aliphatic carbocycles. The molecule has 0 spiro atoms. The maximum absolute atomic E-state index is 15.6. The van der Waals surface area contributed by atoms with Gasteiger partial charge in [-0.2, -0.15) is 10.1 Å². The standard InChI is InChI=1S/C22H29FIN4O8P/c1-12(2)34-19(30)13(3)27-37(32,36-14-8-6-5-7-9-14)33-11-16-17(29)22(4,23)20(35-16)28-10-15(24)18(25)26-21(28)31/h5-10,12-13,16-17,20,29H,11H2,1-4H3,(H,27,32)(H2,25,26,31)/t13-,16-,17-,20?,22-,37-/m1/s1. The summed E-state index contributed by atoms with van der Waals surface area (Å²) in [5.74, 6) is -0.567. The number of aromatic nitrogens is 2. The zero-order chi connectivity index (χ0) is 27.5. The van der Waals surface area contributed by atoms with E-state index in [9.17, 15) is 19.3 Å². The van der Waals surface area contributed by atoms with Crippen molar-refractivity contribution in [2.75, 3.05) is 12.3 Å². The van der Waals surface area contributed by atoms with Gasteiger partial charge in [0.1, 0.15) is 29.8 Å². The molecule has 37 heavy (non-hydrogen) atoms. The molecule has 0 amide bonds. The predicted molar refractivity (Wildman–Crippen MR) is 140 cm³/mol. The molecule has 0 radical (unpaired) electrons. The van der Waals surface area contributed by atoms with Gasteiger partial charge in [0.2, 0.25) is 0 Å². The highest BCUT2D eigenvalue weighted by Gasteiger charge is 2.56. The molecule has 12 nitrogen and oxygen atoms in total. The number of rotatable bonds is 10. The van der Waals surface area contributed by atoms with Crippen LogP contribution >= 0.6 is 30.3 Å². The van der Waals surface area contributed by atoms with Crippen LogP contribution in [0, 0.1) is 3.57 Å². The first-order chi connectivity index (χ1) is 17.2. The van der Waals surface area contributed by atoms with Crippen LogP contribution in [0.3, 0.4) is 0 Å². The summed E-state index contributed by atoms with van der Waals surface area (Å²) in [5, 5.41) is 13.1. The SMILES string of the molecule is CC(C)OC(=O)[C@@H](C)N[P@@](=O)(OC[C@H]1OC(n2cc(I)c(N)nc2=O)[C@](C)(F)[C@@H]1O)Oc1ccccc1. The van der Waals surface area contributed by atoms with E-state index in [1.165, 1.54) is 25.3 Å². The largest absolute Gasteiger partial charge is 0.462 e. The van der Waals surface area contributed by atoms with Gasteiger partial charge in [0, 0.05) is 6.20 Å². The highest BCUT2D eigenvalue weighted by molar-refractivity contribution is 14.1. The number of nitrogen functional groups attached to an aromatic ring is 1. The van der Waals surface area contributed by atoms with E-state index in [-0.39, 0.29) is 11.6 Å². The molecule has 1 fully saturated rings. The molecule has 1 aromatic carbocycles. The molecule has 4 N–H and O–H groups in total. The summed E-state index contributed by atoms with van der Waals surface area (Å²) in [6.45, 7) is 5.17. The van der Waals surface area contributed by atoms with E-state index >= 15 is 4.39 Å². The molecule has 1 unspecified atom stereocenters. The molecule has 3 rings (SSSR count). The highest BCUT2D eigenvalue weighted by atomic mass is 127. The monoisotopic (exact) mass is 654 g/mol. The number of hydrogen-bond acceptors (Lipinski definition) is 10. The summed E-state index contributed by atoms with van der Waals surface area (Å²) in [4.78, 5) is 28.3. The summed E-state index contributed by atoms with van der Waals surface area (Å²) in [6.07, 6.45) is -3.88. The third kappa shape index (κ3) is 7.06. The molecule has 1 aliphatic rings. The topological polar surface area (TPSA) is 164 Å². The highest BCUT2D eigenvalue weighted by Crippen LogP contribution is 2.47. The van der Waals surface area contributed by atoms with Crippen LogP contribution in [0.4, 0.5) is 10.2 Å². The Bertz CT molecular complexity index is 1210. The number of ether oxygens (including phenoxy) is 2. The molecule has 1 saturated heterocycles. The normalized spacial score (nSPS) is 26.0. The minimum absolute atomic E-state index is 0.0315. The van der Waals surface area contributed by atoms with Gasteiger partial charge in [0.25, 0.3) is 0 Å². The van der Waals surface area contributed by atoms with Crippen molar-refractivity contribution in [3.05, 3.63) is 50.6 Å². The second-order valence-electron chi connectivity index (χ2n) is 8.82. The van der Waals surface area contributed by atoms with Crippen LogP contribution in [-0.2, 0) is 23.4 Å². The minimum atomic E-state index is -4.29. The van der Waals surface area contributed by atoms with Crippen LogP contribution in [0.1, 0.15) is 33.9 Å². The maximum atomic E-state index is 15.6. The van der Waals surface area contributed by atoms with Crippen molar-refractivity contribution in [1.82, 2.24) is 14.6 Å². The third-order valence-corrected chi connectivity index (χ3v) is 7.81. The van der Waals surface area contributed by atoms with Crippen LogP contribution in [0.15, 0.2) is 41.3 Å². The van der Waals surface area contributed by atoms with Crippen molar-refractivity contribution < 1.29 is 37.4 Å². The average Bonchev–Trinajstić information content (AvgIpc) is 3.03. The van der Waals surface area contributed by atoms with Crippen molar-refractivity contribution >= 4 is 42.1 Å². The van der Waals surface area contributed by atoms with Crippen LogP contribution in [0.2, 0.25) is 0 Å². The summed E-state index contributed by atoms with van der Waals surface area (Å²) in [7, 11) is -4.29. The van der Waals surface area contributed by atoms with Gasteiger partial charge in [-0.15, -0.1) is 0 Å². The Kier molecular flexibility index (Phi) is 9.35. The number of nitrogens with two attached hydrogens (primary N) is 1.